The fourth-order valence-electron chi connectivity index (χ4n) is 3.94. The van der Waals surface area contributed by atoms with Gasteiger partial charge < -0.3 is 10.1 Å². The maximum absolute atomic E-state index is 12.8. The molecule has 1 aromatic carbocycles. The lowest BCUT2D eigenvalue weighted by atomic mass is 9.97. The second kappa shape index (κ2) is 10.9. The third-order valence-corrected chi connectivity index (χ3v) is 7.70. The van der Waals surface area contributed by atoms with Gasteiger partial charge in [-0.25, -0.2) is 13.2 Å². The lowest BCUT2D eigenvalue weighted by Gasteiger charge is -2.26. The number of sulfonamides is 1. The number of benzene rings is 1. The van der Waals surface area contributed by atoms with E-state index < -0.39 is 22.1 Å². The van der Waals surface area contributed by atoms with Gasteiger partial charge in [0.15, 0.2) is 6.10 Å². The van der Waals surface area contributed by atoms with E-state index in [-0.39, 0.29) is 16.4 Å². The molecule has 31 heavy (non-hydrogen) atoms. The van der Waals surface area contributed by atoms with Gasteiger partial charge in [-0.1, -0.05) is 24.1 Å². The van der Waals surface area contributed by atoms with Crippen LogP contribution in [0, 0.1) is 0 Å². The maximum atomic E-state index is 12.8. The number of rotatable bonds is 8. The van der Waals surface area contributed by atoms with Crippen molar-refractivity contribution in [3.63, 3.8) is 0 Å². The molecule has 1 fully saturated rings. The summed E-state index contributed by atoms with van der Waals surface area (Å²) in [6, 6.07) is 5.83. The second-order valence-electron chi connectivity index (χ2n) is 8.19. The predicted molar refractivity (Wildman–Crippen MR) is 118 cm³/mol. The van der Waals surface area contributed by atoms with Gasteiger partial charge in [0.05, 0.1) is 10.5 Å². The number of esters is 1. The highest BCUT2D eigenvalue weighted by Gasteiger charge is 2.27. The molecule has 170 valence electrons. The van der Waals surface area contributed by atoms with Crippen molar-refractivity contribution in [2.24, 2.45) is 0 Å². The highest BCUT2D eigenvalue weighted by molar-refractivity contribution is 7.89. The molecule has 0 radical (unpaired) electrons. The van der Waals surface area contributed by atoms with E-state index in [2.05, 4.69) is 11.4 Å². The summed E-state index contributed by atoms with van der Waals surface area (Å²) in [4.78, 5) is 24.9. The normalized spacial score (nSPS) is 18.7. The summed E-state index contributed by atoms with van der Waals surface area (Å²) in [6.45, 7) is 3.01. The molecule has 2 aliphatic rings. The Bertz CT molecular complexity index is 920. The van der Waals surface area contributed by atoms with Crippen molar-refractivity contribution in [2.75, 3.05) is 19.6 Å². The molecule has 1 aliphatic heterocycles. The van der Waals surface area contributed by atoms with Gasteiger partial charge in [0, 0.05) is 19.6 Å². The van der Waals surface area contributed by atoms with Crippen LogP contribution in [0.15, 0.2) is 40.8 Å². The third kappa shape index (κ3) is 6.40. The molecule has 1 aliphatic carbocycles. The van der Waals surface area contributed by atoms with E-state index in [9.17, 15) is 18.0 Å². The van der Waals surface area contributed by atoms with Crippen LogP contribution < -0.4 is 5.32 Å². The van der Waals surface area contributed by atoms with Crippen LogP contribution in [-0.4, -0.2) is 50.3 Å². The average molecular weight is 449 g/mol. The van der Waals surface area contributed by atoms with Crippen molar-refractivity contribution in [1.82, 2.24) is 9.62 Å². The summed E-state index contributed by atoms with van der Waals surface area (Å²) >= 11 is 0. The molecule has 1 atom stereocenters. The van der Waals surface area contributed by atoms with Gasteiger partial charge in [0.2, 0.25) is 10.0 Å². The molecule has 0 saturated carbocycles. The van der Waals surface area contributed by atoms with Crippen LogP contribution in [0.25, 0.3) is 0 Å². The Balaban J connectivity index is 1.55. The first kappa shape index (κ1) is 23.5. The van der Waals surface area contributed by atoms with Crippen molar-refractivity contribution in [1.29, 1.82) is 0 Å². The molecule has 0 bridgehead atoms. The van der Waals surface area contributed by atoms with Crippen LogP contribution >= 0.6 is 0 Å². The van der Waals surface area contributed by atoms with Crippen LogP contribution in [0.2, 0.25) is 0 Å². The zero-order valence-electron chi connectivity index (χ0n) is 18.1. The van der Waals surface area contributed by atoms with Crippen LogP contribution in [0.5, 0.6) is 0 Å². The summed E-state index contributed by atoms with van der Waals surface area (Å²) in [5.41, 5.74) is 1.48. The van der Waals surface area contributed by atoms with E-state index in [1.54, 1.807) is 0 Å². The summed E-state index contributed by atoms with van der Waals surface area (Å²) in [6.07, 6.45) is 9.39. The molecule has 1 saturated heterocycles. The quantitative estimate of drug-likeness (QED) is 0.486. The van der Waals surface area contributed by atoms with E-state index >= 15 is 0 Å². The first-order valence-corrected chi connectivity index (χ1v) is 12.6. The van der Waals surface area contributed by atoms with Crippen LogP contribution in [0.1, 0.15) is 68.6 Å². The van der Waals surface area contributed by atoms with Gasteiger partial charge in [-0.05, 0) is 70.1 Å². The highest BCUT2D eigenvalue weighted by Crippen LogP contribution is 2.22. The van der Waals surface area contributed by atoms with E-state index in [1.807, 2.05) is 0 Å². The Morgan fingerprint density at radius 2 is 1.90 bits per heavy atom. The highest BCUT2D eigenvalue weighted by atomic mass is 32.2. The molecule has 1 N–H and O–H groups in total. The van der Waals surface area contributed by atoms with Crippen LogP contribution in [0.3, 0.4) is 0 Å². The third-order valence-electron chi connectivity index (χ3n) is 5.81. The van der Waals surface area contributed by atoms with Gasteiger partial charge in [0.25, 0.3) is 5.91 Å². The van der Waals surface area contributed by atoms with E-state index in [0.717, 1.165) is 38.5 Å². The van der Waals surface area contributed by atoms with Gasteiger partial charge in [-0.2, -0.15) is 4.31 Å². The fourth-order valence-corrected chi connectivity index (χ4v) is 5.51. The van der Waals surface area contributed by atoms with Crippen molar-refractivity contribution in [3.8, 4) is 0 Å². The van der Waals surface area contributed by atoms with Gasteiger partial charge in [0.1, 0.15) is 0 Å². The molecule has 0 aromatic heterocycles. The lowest BCUT2D eigenvalue weighted by Crippen LogP contribution is -2.36. The Labute approximate surface area is 184 Å². The van der Waals surface area contributed by atoms with Crippen molar-refractivity contribution in [2.45, 2.75) is 69.3 Å². The van der Waals surface area contributed by atoms with Gasteiger partial charge >= 0.3 is 5.97 Å². The van der Waals surface area contributed by atoms with E-state index in [4.69, 9.17) is 4.74 Å². The molecule has 1 aromatic rings. The van der Waals surface area contributed by atoms with Gasteiger partial charge in [-0.15, -0.1) is 0 Å². The molecule has 3 rings (SSSR count). The Kier molecular flexibility index (Phi) is 8.26. The molecular formula is C23H32N2O5S. The first-order chi connectivity index (χ1) is 14.9. The number of hydrogen-bond acceptors (Lipinski definition) is 5. The molecule has 1 heterocycles. The zero-order valence-corrected chi connectivity index (χ0v) is 19.0. The minimum absolute atomic E-state index is 0.0710. The standard InChI is InChI=1S/C23H32N2O5S/c1-18(22(26)24-14-13-19-9-4-2-5-10-19)30-23(27)20-11-8-12-21(17-20)31(28,29)25-15-6-3-7-16-25/h8-9,11-12,17-18H,2-7,10,13-16H2,1H3,(H,24,26)/t18-/m0/s1. The molecule has 7 nitrogen and oxygen atoms in total. The lowest BCUT2D eigenvalue weighted by molar-refractivity contribution is -0.129. The van der Waals surface area contributed by atoms with Crippen LogP contribution in [0.4, 0.5) is 0 Å². The van der Waals surface area contributed by atoms with Gasteiger partial charge in [-0.3, -0.25) is 4.79 Å². The number of allylic oxidation sites excluding steroid dienone is 1. The summed E-state index contributed by atoms with van der Waals surface area (Å²) < 4.78 is 32.4. The molecule has 8 heteroatoms. The number of carbonyl (C=O) groups is 2. The number of nitrogens with one attached hydrogen (secondary N) is 1. The maximum Gasteiger partial charge on any atom is 0.338 e. The number of piperidine rings is 1. The molecular weight excluding hydrogens is 416 g/mol. The molecule has 1 amide bonds. The summed E-state index contributed by atoms with van der Waals surface area (Å²) in [5.74, 6) is -1.07. The topological polar surface area (TPSA) is 92.8 Å². The monoisotopic (exact) mass is 448 g/mol. The number of carbonyl (C=O) groups excluding carboxylic acids is 2. The number of hydrogen-bond donors (Lipinski definition) is 1. The number of amides is 1. The van der Waals surface area contributed by atoms with Crippen molar-refractivity contribution >= 4 is 21.9 Å². The number of ether oxygens (including phenoxy) is 1. The number of nitrogens with zero attached hydrogens (tertiary/aromatic N) is 1. The molecule has 0 spiro atoms. The van der Waals surface area contributed by atoms with E-state index in [0.29, 0.717) is 19.6 Å². The fraction of sp³-hybridized carbons (Fsp3) is 0.565. The molecule has 0 unspecified atom stereocenters. The second-order valence-corrected chi connectivity index (χ2v) is 10.1. The van der Waals surface area contributed by atoms with Crippen molar-refractivity contribution in [3.05, 3.63) is 41.5 Å². The Morgan fingerprint density at radius 1 is 1.13 bits per heavy atom. The Morgan fingerprint density at radius 3 is 2.61 bits per heavy atom. The predicted octanol–water partition coefficient (Wildman–Crippen LogP) is 3.41. The summed E-state index contributed by atoms with van der Waals surface area (Å²) in [5, 5.41) is 2.81. The SMILES string of the molecule is C[C@H](OC(=O)c1cccc(S(=O)(=O)N2CCCCC2)c1)C(=O)NCCC1=CCCCC1. The summed E-state index contributed by atoms with van der Waals surface area (Å²) in [7, 11) is -3.64. The van der Waals surface area contributed by atoms with Crippen molar-refractivity contribution < 1.29 is 22.7 Å². The Hall–Kier alpha value is -2.19. The van der Waals surface area contributed by atoms with Crippen LogP contribution in [-0.2, 0) is 19.6 Å². The minimum atomic E-state index is -3.64. The zero-order chi connectivity index (χ0) is 22.3. The van der Waals surface area contributed by atoms with E-state index in [1.165, 1.54) is 53.9 Å². The smallest absolute Gasteiger partial charge is 0.338 e. The largest absolute Gasteiger partial charge is 0.449 e. The minimum Gasteiger partial charge on any atom is -0.449 e. The average Bonchev–Trinajstić information content (AvgIpc) is 2.80. The first-order valence-electron chi connectivity index (χ1n) is 11.1.